The zero-order valence-corrected chi connectivity index (χ0v) is 19.8. The molecule has 0 saturated heterocycles. The number of nitriles is 1. The van der Waals surface area contributed by atoms with E-state index in [0.717, 1.165) is 6.54 Å². The van der Waals surface area contributed by atoms with Crippen molar-refractivity contribution < 1.29 is 9.59 Å². The molecular formula is C26H29N7O2. The lowest BCUT2D eigenvalue weighted by Gasteiger charge is -2.36. The fraction of sp³-hybridized carbons (Fsp3) is 0.231. The molecule has 3 aromatic rings. The summed E-state index contributed by atoms with van der Waals surface area (Å²) in [5.41, 5.74) is 13.1. The summed E-state index contributed by atoms with van der Waals surface area (Å²) in [6, 6.07) is 18.8. The Kier molecular flexibility index (Phi) is 8.02. The molecule has 3 amide bonds. The van der Waals surface area contributed by atoms with E-state index in [1.165, 1.54) is 6.20 Å². The van der Waals surface area contributed by atoms with E-state index < -0.39 is 17.5 Å². The Balaban J connectivity index is 2.03. The number of hydrogen-bond acceptors (Lipinski definition) is 6. The van der Waals surface area contributed by atoms with Crippen molar-refractivity contribution in [3.8, 4) is 6.07 Å². The number of para-hydroxylation sites is 2. The number of urea groups is 1. The molecule has 0 spiro atoms. The smallest absolute Gasteiger partial charge is 0.313 e. The predicted molar refractivity (Wildman–Crippen MR) is 135 cm³/mol. The molecule has 9 nitrogen and oxygen atoms in total. The molecule has 1 heterocycles. The Morgan fingerprint density at radius 1 is 1.09 bits per heavy atom. The second-order valence-corrected chi connectivity index (χ2v) is 8.43. The molecule has 2 aromatic carbocycles. The summed E-state index contributed by atoms with van der Waals surface area (Å²) < 4.78 is 0. The number of pyridine rings is 1. The number of amides is 3. The maximum absolute atomic E-state index is 12.8. The summed E-state index contributed by atoms with van der Waals surface area (Å²) in [6.07, 6.45) is 2.69. The van der Waals surface area contributed by atoms with E-state index in [1.54, 1.807) is 60.7 Å². The summed E-state index contributed by atoms with van der Waals surface area (Å²) >= 11 is 0. The van der Waals surface area contributed by atoms with Crippen LogP contribution in [-0.4, -0.2) is 42.5 Å². The highest BCUT2D eigenvalue weighted by molar-refractivity contribution is 6.04. The molecule has 0 bridgehead atoms. The van der Waals surface area contributed by atoms with E-state index >= 15 is 0 Å². The minimum absolute atomic E-state index is 0.173. The Bertz CT molecular complexity index is 1230. The molecule has 9 heteroatoms. The maximum atomic E-state index is 12.8. The number of primary amides is 1. The van der Waals surface area contributed by atoms with Crippen molar-refractivity contribution in [1.82, 2.24) is 15.2 Å². The quantitative estimate of drug-likeness (QED) is 0.352. The molecule has 180 valence electrons. The second kappa shape index (κ2) is 11.1. The van der Waals surface area contributed by atoms with Gasteiger partial charge in [0.25, 0.3) is 5.91 Å². The van der Waals surface area contributed by atoms with E-state index in [0.29, 0.717) is 40.9 Å². The molecule has 0 aliphatic carbocycles. The summed E-state index contributed by atoms with van der Waals surface area (Å²) in [4.78, 5) is 31.3. The van der Waals surface area contributed by atoms with Crippen molar-refractivity contribution >= 4 is 23.3 Å². The average Bonchev–Trinajstić information content (AvgIpc) is 2.84. The third-order valence-electron chi connectivity index (χ3n) is 5.70. The monoisotopic (exact) mass is 471 g/mol. The Labute approximate surface area is 204 Å². The minimum Gasteiger partial charge on any atom is -0.397 e. The molecule has 0 saturated carbocycles. The first-order valence-electron chi connectivity index (χ1n) is 11.1. The van der Waals surface area contributed by atoms with Crippen LogP contribution in [0.5, 0.6) is 0 Å². The number of carbonyl (C=O) groups is 2. The highest BCUT2D eigenvalue weighted by atomic mass is 16.2. The summed E-state index contributed by atoms with van der Waals surface area (Å²) in [7, 11) is 3.92. The zero-order valence-electron chi connectivity index (χ0n) is 19.8. The van der Waals surface area contributed by atoms with Crippen molar-refractivity contribution in [3.63, 3.8) is 0 Å². The molecule has 0 fully saturated rings. The number of carbonyl (C=O) groups excluding carboxylic acids is 2. The second-order valence-electron chi connectivity index (χ2n) is 8.43. The van der Waals surface area contributed by atoms with Crippen LogP contribution in [0.25, 0.3) is 0 Å². The van der Waals surface area contributed by atoms with Gasteiger partial charge in [-0.05, 0) is 63.3 Å². The minimum atomic E-state index is -1.11. The van der Waals surface area contributed by atoms with Crippen LogP contribution in [0.2, 0.25) is 0 Å². The standard InChI is InChI=1S/C26H29N7O2/c1-33(2)15-7-14-26(32-25(29)35,20-9-4-3-8-18(20)16-27)19-12-13-23(30-17-19)24(34)31-22-11-6-5-10-21(22)28/h3-6,8-13,17H,7,14-15,28H2,1-2H3,(H,31,34)(H3,29,32,35). The third-order valence-corrected chi connectivity index (χ3v) is 5.70. The van der Waals surface area contributed by atoms with Crippen LogP contribution in [-0.2, 0) is 5.54 Å². The topological polar surface area (TPSA) is 150 Å². The fourth-order valence-electron chi connectivity index (χ4n) is 4.04. The maximum Gasteiger partial charge on any atom is 0.313 e. The van der Waals surface area contributed by atoms with Crippen LogP contribution < -0.4 is 22.1 Å². The van der Waals surface area contributed by atoms with Crippen molar-refractivity contribution in [3.05, 3.63) is 89.2 Å². The molecule has 35 heavy (non-hydrogen) atoms. The lowest BCUT2D eigenvalue weighted by molar-refractivity contribution is 0.102. The SMILES string of the molecule is CN(C)CCCC(NC(N)=O)(c1ccc(C(=O)Nc2ccccc2N)nc1)c1ccccc1C#N. The number of anilines is 2. The number of benzene rings is 2. The van der Waals surface area contributed by atoms with E-state index in [1.807, 2.05) is 19.0 Å². The third kappa shape index (κ3) is 5.93. The fourth-order valence-corrected chi connectivity index (χ4v) is 4.04. The molecule has 3 rings (SSSR count). The van der Waals surface area contributed by atoms with Gasteiger partial charge >= 0.3 is 6.03 Å². The van der Waals surface area contributed by atoms with Crippen LogP contribution in [0.1, 0.15) is 40.0 Å². The van der Waals surface area contributed by atoms with Crippen LogP contribution in [0.3, 0.4) is 0 Å². The molecule has 1 unspecified atom stereocenters. The highest BCUT2D eigenvalue weighted by Crippen LogP contribution is 2.36. The van der Waals surface area contributed by atoms with E-state index in [2.05, 4.69) is 21.7 Å². The normalized spacial score (nSPS) is 12.4. The van der Waals surface area contributed by atoms with Gasteiger partial charge in [-0.3, -0.25) is 9.78 Å². The number of nitrogen functional groups attached to an aromatic ring is 1. The van der Waals surface area contributed by atoms with Gasteiger partial charge in [0, 0.05) is 11.8 Å². The van der Waals surface area contributed by atoms with Crippen LogP contribution in [0, 0.1) is 11.3 Å². The van der Waals surface area contributed by atoms with Crippen molar-refractivity contribution in [2.24, 2.45) is 5.73 Å². The Morgan fingerprint density at radius 3 is 2.43 bits per heavy atom. The Morgan fingerprint density at radius 2 is 1.80 bits per heavy atom. The van der Waals surface area contributed by atoms with Gasteiger partial charge < -0.3 is 27.0 Å². The van der Waals surface area contributed by atoms with Gasteiger partial charge in [-0.2, -0.15) is 5.26 Å². The van der Waals surface area contributed by atoms with E-state index in [4.69, 9.17) is 11.5 Å². The van der Waals surface area contributed by atoms with Gasteiger partial charge in [0.05, 0.1) is 28.5 Å². The first-order chi connectivity index (χ1) is 16.8. The Hall–Kier alpha value is -4.42. The van der Waals surface area contributed by atoms with Gasteiger partial charge in [-0.25, -0.2) is 4.79 Å². The van der Waals surface area contributed by atoms with Gasteiger partial charge in [0.15, 0.2) is 0 Å². The molecular weight excluding hydrogens is 442 g/mol. The number of aromatic nitrogens is 1. The lowest BCUT2D eigenvalue weighted by atomic mass is 9.77. The summed E-state index contributed by atoms with van der Waals surface area (Å²) in [6.45, 7) is 0.753. The van der Waals surface area contributed by atoms with Crippen molar-refractivity contribution in [2.45, 2.75) is 18.4 Å². The molecule has 6 N–H and O–H groups in total. The number of nitrogens with one attached hydrogen (secondary N) is 2. The molecule has 0 radical (unpaired) electrons. The van der Waals surface area contributed by atoms with E-state index in [-0.39, 0.29) is 5.69 Å². The number of nitrogens with zero attached hydrogens (tertiary/aromatic N) is 3. The van der Waals surface area contributed by atoms with Crippen LogP contribution >= 0.6 is 0 Å². The van der Waals surface area contributed by atoms with Gasteiger partial charge in [-0.15, -0.1) is 0 Å². The van der Waals surface area contributed by atoms with Crippen LogP contribution in [0.4, 0.5) is 16.2 Å². The largest absolute Gasteiger partial charge is 0.397 e. The number of nitrogens with two attached hydrogens (primary N) is 2. The van der Waals surface area contributed by atoms with Gasteiger partial charge in [0.2, 0.25) is 0 Å². The summed E-state index contributed by atoms with van der Waals surface area (Å²) in [5.74, 6) is -0.423. The molecule has 0 aliphatic heterocycles. The number of rotatable bonds is 9. The summed E-state index contributed by atoms with van der Waals surface area (Å²) in [5, 5.41) is 15.4. The van der Waals surface area contributed by atoms with E-state index in [9.17, 15) is 14.9 Å². The highest BCUT2D eigenvalue weighted by Gasteiger charge is 2.37. The lowest BCUT2D eigenvalue weighted by Crippen LogP contribution is -2.50. The first kappa shape index (κ1) is 25.2. The molecule has 0 aliphatic rings. The predicted octanol–water partition coefficient (Wildman–Crippen LogP) is 3.04. The zero-order chi connectivity index (χ0) is 25.4. The number of hydrogen-bond donors (Lipinski definition) is 4. The van der Waals surface area contributed by atoms with Gasteiger partial charge in [0.1, 0.15) is 5.69 Å². The molecule has 1 atom stereocenters. The van der Waals surface area contributed by atoms with Crippen LogP contribution in [0.15, 0.2) is 66.9 Å². The average molecular weight is 472 g/mol. The van der Waals surface area contributed by atoms with Gasteiger partial charge in [-0.1, -0.05) is 36.4 Å². The van der Waals surface area contributed by atoms with Crippen molar-refractivity contribution in [1.29, 1.82) is 5.26 Å². The van der Waals surface area contributed by atoms with Crippen molar-refractivity contribution in [2.75, 3.05) is 31.7 Å². The first-order valence-corrected chi connectivity index (χ1v) is 11.1. The molecule has 1 aromatic heterocycles.